The normalized spacial score (nSPS) is 27.8. The molecular weight excluding hydrogens is 334 g/mol. The fourth-order valence-corrected chi connectivity index (χ4v) is 4.66. The van der Waals surface area contributed by atoms with Gasteiger partial charge in [0.15, 0.2) is 0 Å². The van der Waals surface area contributed by atoms with E-state index >= 15 is 0 Å². The predicted octanol–water partition coefficient (Wildman–Crippen LogP) is 3.51. The van der Waals surface area contributed by atoms with Gasteiger partial charge in [-0.2, -0.15) is 0 Å². The van der Waals surface area contributed by atoms with E-state index in [0.717, 1.165) is 37.1 Å². The first kappa shape index (κ1) is 17.8. The van der Waals surface area contributed by atoms with Gasteiger partial charge in [0.1, 0.15) is 0 Å². The molecule has 1 aliphatic carbocycles. The van der Waals surface area contributed by atoms with Crippen molar-refractivity contribution in [2.24, 2.45) is 5.92 Å². The third-order valence-electron chi connectivity index (χ3n) is 5.93. The van der Waals surface area contributed by atoms with Gasteiger partial charge >= 0.3 is 0 Å². The summed E-state index contributed by atoms with van der Waals surface area (Å²) in [6, 6.07) is 6.58. The quantitative estimate of drug-likeness (QED) is 0.767. The molecule has 2 saturated heterocycles. The van der Waals surface area contributed by atoms with E-state index in [1.54, 1.807) is 0 Å². The molecule has 0 amide bonds. The second-order valence-corrected chi connectivity index (χ2v) is 7.99. The monoisotopic (exact) mass is 360 g/mol. The van der Waals surface area contributed by atoms with Gasteiger partial charge in [-0.1, -0.05) is 17.9 Å². The van der Waals surface area contributed by atoms with E-state index < -0.39 is 6.43 Å². The number of halogens is 2. The SMILES string of the molecule is CC(C)N1CCOCc2c(C#CC34CC(CN3CC(F)F)C4)cccc21. The lowest BCUT2D eigenvalue weighted by atomic mass is 9.73. The number of anilines is 1. The van der Waals surface area contributed by atoms with Crippen molar-refractivity contribution in [3.8, 4) is 11.8 Å². The van der Waals surface area contributed by atoms with Crippen LogP contribution in [-0.2, 0) is 11.3 Å². The standard InChI is InChI=1S/C21H26F2N2O/c1-15(2)25-8-9-26-14-18-17(4-3-5-19(18)25)6-7-21-10-16(11-21)12-24(21)13-20(22)23/h3-5,15-16,20H,8-14H2,1-2H3. The van der Waals surface area contributed by atoms with Crippen molar-refractivity contribution in [3.63, 3.8) is 0 Å². The average Bonchev–Trinajstić information content (AvgIpc) is 2.96. The molecule has 0 aromatic heterocycles. The first-order valence-corrected chi connectivity index (χ1v) is 9.51. The molecule has 1 saturated carbocycles. The van der Waals surface area contributed by atoms with Gasteiger partial charge in [-0.3, -0.25) is 4.90 Å². The summed E-state index contributed by atoms with van der Waals surface area (Å²) >= 11 is 0. The van der Waals surface area contributed by atoms with Crippen LogP contribution in [0.5, 0.6) is 0 Å². The summed E-state index contributed by atoms with van der Waals surface area (Å²) in [6.45, 7) is 7.09. The van der Waals surface area contributed by atoms with Crippen molar-refractivity contribution in [2.45, 2.75) is 51.3 Å². The molecular formula is C21H26F2N2O. The van der Waals surface area contributed by atoms with Crippen LogP contribution in [0.3, 0.4) is 0 Å². The van der Waals surface area contributed by atoms with Crippen molar-refractivity contribution in [1.29, 1.82) is 0 Å². The minimum absolute atomic E-state index is 0.164. The van der Waals surface area contributed by atoms with Crippen LogP contribution in [0.2, 0.25) is 0 Å². The molecule has 3 aliphatic heterocycles. The van der Waals surface area contributed by atoms with E-state index in [4.69, 9.17) is 4.74 Å². The Bertz CT molecular complexity index is 731. The Morgan fingerprint density at radius 1 is 1.31 bits per heavy atom. The number of nitrogens with zero attached hydrogens (tertiary/aromatic N) is 2. The largest absolute Gasteiger partial charge is 0.375 e. The third-order valence-corrected chi connectivity index (χ3v) is 5.93. The zero-order valence-electron chi connectivity index (χ0n) is 15.5. The maximum Gasteiger partial charge on any atom is 0.251 e. The van der Waals surface area contributed by atoms with Gasteiger partial charge in [0.25, 0.3) is 6.43 Å². The molecule has 3 heterocycles. The van der Waals surface area contributed by atoms with Gasteiger partial charge in [-0.15, -0.1) is 0 Å². The number of hydrogen-bond acceptors (Lipinski definition) is 3. The second-order valence-electron chi connectivity index (χ2n) is 7.99. The van der Waals surface area contributed by atoms with Crippen molar-refractivity contribution < 1.29 is 13.5 Å². The van der Waals surface area contributed by atoms with Gasteiger partial charge < -0.3 is 9.64 Å². The van der Waals surface area contributed by atoms with Gasteiger partial charge in [0, 0.05) is 35.9 Å². The van der Waals surface area contributed by atoms with Crippen LogP contribution in [0.4, 0.5) is 14.5 Å². The molecule has 0 N–H and O–H groups in total. The summed E-state index contributed by atoms with van der Waals surface area (Å²) in [5, 5.41) is 0. The van der Waals surface area contributed by atoms with Gasteiger partial charge in [0.05, 0.1) is 25.3 Å². The first-order valence-electron chi connectivity index (χ1n) is 9.51. The maximum absolute atomic E-state index is 12.9. The summed E-state index contributed by atoms with van der Waals surface area (Å²) in [5.41, 5.74) is 2.94. The average molecular weight is 360 g/mol. The third kappa shape index (κ3) is 3.10. The van der Waals surface area contributed by atoms with E-state index in [9.17, 15) is 8.78 Å². The molecule has 1 aromatic rings. The number of hydrogen-bond donors (Lipinski definition) is 0. The van der Waals surface area contributed by atoms with Gasteiger partial charge in [-0.25, -0.2) is 8.78 Å². The lowest BCUT2D eigenvalue weighted by Crippen LogP contribution is -2.46. The minimum atomic E-state index is -2.30. The summed E-state index contributed by atoms with van der Waals surface area (Å²) in [7, 11) is 0. The van der Waals surface area contributed by atoms with Crippen LogP contribution in [0, 0.1) is 17.8 Å². The van der Waals surface area contributed by atoms with Crippen LogP contribution in [-0.4, -0.2) is 49.1 Å². The number of alkyl halides is 2. The van der Waals surface area contributed by atoms with E-state index in [1.165, 1.54) is 5.69 Å². The highest BCUT2D eigenvalue weighted by Crippen LogP contribution is 2.50. The zero-order chi connectivity index (χ0) is 18.3. The molecule has 0 radical (unpaired) electrons. The molecule has 3 fully saturated rings. The van der Waals surface area contributed by atoms with Crippen molar-refractivity contribution >= 4 is 5.69 Å². The highest BCUT2D eigenvalue weighted by Gasteiger charge is 2.55. The summed E-state index contributed by atoms with van der Waals surface area (Å²) in [4.78, 5) is 4.25. The summed E-state index contributed by atoms with van der Waals surface area (Å²) < 4.78 is 31.6. The van der Waals surface area contributed by atoms with Crippen molar-refractivity contribution in [3.05, 3.63) is 29.3 Å². The molecule has 2 bridgehead atoms. The Hall–Kier alpha value is -1.64. The number of fused-ring (bicyclic) bond motifs is 2. The Morgan fingerprint density at radius 2 is 2.12 bits per heavy atom. The van der Waals surface area contributed by atoms with Crippen molar-refractivity contribution in [1.82, 2.24) is 4.90 Å². The lowest BCUT2D eigenvalue weighted by molar-refractivity contribution is 0.0659. The molecule has 0 unspecified atom stereocenters. The molecule has 1 aromatic carbocycles. The van der Waals surface area contributed by atoms with Crippen LogP contribution >= 0.6 is 0 Å². The van der Waals surface area contributed by atoms with E-state index in [1.807, 2.05) is 17.0 Å². The van der Waals surface area contributed by atoms with Crippen LogP contribution < -0.4 is 4.90 Å². The zero-order valence-corrected chi connectivity index (χ0v) is 15.5. The molecule has 0 spiro atoms. The van der Waals surface area contributed by atoms with Crippen LogP contribution in [0.15, 0.2) is 18.2 Å². The summed E-state index contributed by atoms with van der Waals surface area (Å²) in [5.74, 6) is 7.26. The van der Waals surface area contributed by atoms with E-state index in [-0.39, 0.29) is 12.1 Å². The van der Waals surface area contributed by atoms with Crippen LogP contribution in [0.25, 0.3) is 0 Å². The molecule has 26 heavy (non-hydrogen) atoms. The highest BCUT2D eigenvalue weighted by atomic mass is 19.3. The second kappa shape index (κ2) is 6.83. The number of benzene rings is 1. The van der Waals surface area contributed by atoms with Gasteiger partial charge in [0.2, 0.25) is 0 Å². The Morgan fingerprint density at radius 3 is 2.85 bits per heavy atom. The minimum Gasteiger partial charge on any atom is -0.375 e. The number of ether oxygens (including phenoxy) is 1. The molecule has 5 heteroatoms. The van der Waals surface area contributed by atoms with Crippen molar-refractivity contribution in [2.75, 3.05) is 31.1 Å². The fourth-order valence-electron chi connectivity index (χ4n) is 4.66. The Kier molecular flexibility index (Phi) is 4.66. The Balaban J connectivity index is 1.65. The Labute approximate surface area is 154 Å². The molecule has 5 rings (SSSR count). The molecule has 4 aliphatic rings. The molecule has 3 nitrogen and oxygen atoms in total. The highest BCUT2D eigenvalue weighted by molar-refractivity contribution is 5.62. The predicted molar refractivity (Wildman–Crippen MR) is 98.5 cm³/mol. The van der Waals surface area contributed by atoms with Gasteiger partial charge in [-0.05, 0) is 44.7 Å². The fraction of sp³-hybridized carbons (Fsp3) is 0.619. The molecule has 140 valence electrons. The molecule has 0 atom stereocenters. The number of rotatable bonds is 3. The van der Waals surface area contributed by atoms with E-state index in [2.05, 4.69) is 36.7 Å². The maximum atomic E-state index is 12.9. The first-order chi connectivity index (χ1) is 12.5. The lowest BCUT2D eigenvalue weighted by Gasteiger charge is -2.37. The summed E-state index contributed by atoms with van der Waals surface area (Å²) in [6.07, 6.45) is -0.443. The smallest absolute Gasteiger partial charge is 0.251 e. The topological polar surface area (TPSA) is 15.7 Å². The van der Waals surface area contributed by atoms with Crippen LogP contribution in [0.1, 0.15) is 37.8 Å². The van der Waals surface area contributed by atoms with E-state index in [0.29, 0.717) is 25.2 Å².